The molecule has 4 fully saturated rings. The Morgan fingerprint density at radius 1 is 1.16 bits per heavy atom. The number of rotatable bonds is 3. The highest BCUT2D eigenvalue weighted by molar-refractivity contribution is 5.96. The first-order chi connectivity index (χ1) is 15.1. The number of fused-ring (bicyclic) bond motifs is 5. The molecule has 0 spiro atoms. The molecule has 4 nitrogen and oxygen atoms in total. The number of allylic oxidation sites excluding steroid dienone is 2. The molecule has 6 atom stereocenters. The van der Waals surface area contributed by atoms with Crippen molar-refractivity contribution in [1.82, 2.24) is 0 Å². The van der Waals surface area contributed by atoms with Gasteiger partial charge in [0.2, 0.25) is 0 Å². The van der Waals surface area contributed by atoms with Gasteiger partial charge in [-0.15, -0.1) is 6.42 Å². The highest BCUT2D eigenvalue weighted by Crippen LogP contribution is 2.67. The molecule has 0 aromatic rings. The van der Waals surface area contributed by atoms with Gasteiger partial charge >= 0.3 is 5.97 Å². The smallest absolute Gasteiger partial charge is 0.310 e. The number of esters is 1. The predicted octanol–water partition coefficient (Wildman–Crippen LogP) is 5.88. The third kappa shape index (κ3) is 3.10. The molecule has 0 bridgehead atoms. The topological polar surface area (TPSA) is 58.9 Å². The van der Waals surface area contributed by atoms with E-state index >= 15 is 0 Å². The second-order valence-corrected chi connectivity index (χ2v) is 10.9. The first kappa shape index (κ1) is 21.1. The molecule has 0 aromatic carbocycles. The molecule has 0 saturated heterocycles. The number of nitrogens with zero attached hydrogens (tertiary/aromatic N) is 1. The number of carbonyl (C=O) groups is 1. The molecule has 0 aromatic heterocycles. The summed E-state index contributed by atoms with van der Waals surface area (Å²) in [6, 6.07) is 0. The van der Waals surface area contributed by atoms with Crippen LogP contribution in [0.1, 0.15) is 90.4 Å². The van der Waals surface area contributed by atoms with E-state index in [2.05, 4.69) is 24.1 Å². The summed E-state index contributed by atoms with van der Waals surface area (Å²) in [6.45, 7) is 2.27. The summed E-state index contributed by atoms with van der Waals surface area (Å²) in [5, 5.41) is 12.7. The molecule has 0 heterocycles. The van der Waals surface area contributed by atoms with Gasteiger partial charge in [-0.2, -0.15) is 0 Å². The third-order valence-corrected chi connectivity index (χ3v) is 10.1. The maximum Gasteiger partial charge on any atom is 0.310 e. The SMILES string of the molecule is C#C[C@@]1(OC(=O)C2CCCC2)CC[C@H]2[C@@H]3CCC4=C/C(=N/O)CC[C@@H]4[C@H]3CC[C@@]21CC. The van der Waals surface area contributed by atoms with E-state index in [-0.39, 0.29) is 17.3 Å². The van der Waals surface area contributed by atoms with Gasteiger partial charge in [-0.3, -0.25) is 4.79 Å². The average molecular weight is 424 g/mol. The predicted molar refractivity (Wildman–Crippen MR) is 121 cm³/mol. The van der Waals surface area contributed by atoms with Crippen molar-refractivity contribution < 1.29 is 14.7 Å². The summed E-state index contributed by atoms with van der Waals surface area (Å²) in [6.07, 6.45) is 22.0. The standard InChI is InChI=1S/C27H37NO3/c1-3-26-15-13-22-21-12-10-20(28-30)17-19(21)9-11-23(22)24(26)14-16-27(26,4-2)31-25(29)18-7-5-6-8-18/h2,17-18,21-24,30H,3,5-16H2,1H3/b28-20+/t21-,22+,23+,24-,26-,27+/m0/s1. The maximum absolute atomic E-state index is 13.1. The van der Waals surface area contributed by atoms with Crippen LogP contribution < -0.4 is 0 Å². The third-order valence-electron chi connectivity index (χ3n) is 10.1. The maximum atomic E-state index is 13.1. The van der Waals surface area contributed by atoms with Crippen molar-refractivity contribution in [2.75, 3.05) is 0 Å². The van der Waals surface area contributed by atoms with Crippen molar-refractivity contribution in [2.45, 2.75) is 96.0 Å². The Balaban J connectivity index is 1.42. The summed E-state index contributed by atoms with van der Waals surface area (Å²) in [5.41, 5.74) is 1.56. The summed E-state index contributed by atoms with van der Waals surface area (Å²) in [5.74, 6) is 5.67. The quantitative estimate of drug-likeness (QED) is 0.267. The molecule has 5 rings (SSSR count). The van der Waals surface area contributed by atoms with Crippen LogP contribution >= 0.6 is 0 Å². The molecule has 4 heteroatoms. The second-order valence-electron chi connectivity index (χ2n) is 10.9. The molecular formula is C27H37NO3. The zero-order chi connectivity index (χ0) is 21.6. The Morgan fingerprint density at radius 2 is 1.97 bits per heavy atom. The van der Waals surface area contributed by atoms with Gasteiger partial charge in [0.1, 0.15) is 0 Å². The molecule has 0 unspecified atom stereocenters. The van der Waals surface area contributed by atoms with Crippen LogP contribution in [-0.2, 0) is 9.53 Å². The van der Waals surface area contributed by atoms with Crippen molar-refractivity contribution >= 4 is 11.7 Å². The Kier molecular flexibility index (Phi) is 5.43. The fourth-order valence-corrected chi connectivity index (χ4v) is 8.63. The molecule has 5 aliphatic carbocycles. The van der Waals surface area contributed by atoms with Gasteiger partial charge in [0.05, 0.1) is 11.6 Å². The first-order valence-electron chi connectivity index (χ1n) is 12.7. The van der Waals surface area contributed by atoms with E-state index in [9.17, 15) is 10.0 Å². The largest absolute Gasteiger partial charge is 0.445 e. The normalized spacial score (nSPS) is 43.5. The van der Waals surface area contributed by atoms with Crippen molar-refractivity contribution in [1.29, 1.82) is 0 Å². The lowest BCUT2D eigenvalue weighted by atomic mass is 9.49. The highest BCUT2D eigenvalue weighted by Gasteiger charge is 2.66. The minimum absolute atomic E-state index is 0.0250. The lowest BCUT2D eigenvalue weighted by Gasteiger charge is -2.56. The monoisotopic (exact) mass is 423 g/mol. The molecule has 0 radical (unpaired) electrons. The summed E-state index contributed by atoms with van der Waals surface area (Å²) in [4.78, 5) is 13.1. The van der Waals surface area contributed by atoms with Gasteiger partial charge in [0.25, 0.3) is 0 Å². The minimum atomic E-state index is -0.712. The van der Waals surface area contributed by atoms with E-state index in [0.717, 1.165) is 76.3 Å². The Hall–Kier alpha value is -1.76. The zero-order valence-electron chi connectivity index (χ0n) is 18.9. The Morgan fingerprint density at radius 3 is 2.68 bits per heavy atom. The fraction of sp³-hybridized carbons (Fsp3) is 0.778. The van der Waals surface area contributed by atoms with Crippen LogP contribution in [-0.4, -0.2) is 22.5 Å². The molecule has 168 valence electrons. The number of oxime groups is 1. The van der Waals surface area contributed by atoms with Crippen molar-refractivity contribution in [2.24, 2.45) is 40.2 Å². The van der Waals surface area contributed by atoms with E-state index < -0.39 is 5.60 Å². The van der Waals surface area contributed by atoms with E-state index in [1.165, 1.54) is 18.4 Å². The molecule has 0 aliphatic heterocycles. The summed E-state index contributed by atoms with van der Waals surface area (Å²) < 4.78 is 6.38. The number of ether oxygens (including phenoxy) is 1. The molecule has 5 aliphatic rings. The van der Waals surface area contributed by atoms with E-state index in [1.807, 2.05) is 0 Å². The van der Waals surface area contributed by atoms with Crippen LogP contribution in [0.5, 0.6) is 0 Å². The van der Waals surface area contributed by atoms with Crippen molar-refractivity contribution in [3.8, 4) is 12.3 Å². The molecule has 1 N–H and O–H groups in total. The van der Waals surface area contributed by atoms with Crippen LogP contribution in [0.4, 0.5) is 0 Å². The van der Waals surface area contributed by atoms with E-state index in [4.69, 9.17) is 11.2 Å². The lowest BCUT2D eigenvalue weighted by molar-refractivity contribution is -0.177. The van der Waals surface area contributed by atoms with Crippen LogP contribution in [0, 0.1) is 47.3 Å². The second kappa shape index (κ2) is 7.98. The zero-order valence-corrected chi connectivity index (χ0v) is 18.9. The molecule has 31 heavy (non-hydrogen) atoms. The molecule has 4 saturated carbocycles. The summed E-state index contributed by atoms with van der Waals surface area (Å²) in [7, 11) is 0. The van der Waals surface area contributed by atoms with Gasteiger partial charge in [0, 0.05) is 5.41 Å². The summed E-state index contributed by atoms with van der Waals surface area (Å²) >= 11 is 0. The number of hydrogen-bond donors (Lipinski definition) is 1. The molecular weight excluding hydrogens is 386 g/mol. The van der Waals surface area contributed by atoms with E-state index in [1.54, 1.807) is 0 Å². The Labute approximate surface area is 186 Å². The first-order valence-corrected chi connectivity index (χ1v) is 12.7. The fourth-order valence-electron chi connectivity index (χ4n) is 8.63. The average Bonchev–Trinajstić information content (AvgIpc) is 3.46. The van der Waals surface area contributed by atoms with Crippen LogP contribution in [0.2, 0.25) is 0 Å². The van der Waals surface area contributed by atoms with Gasteiger partial charge in [0.15, 0.2) is 5.60 Å². The van der Waals surface area contributed by atoms with Gasteiger partial charge < -0.3 is 9.94 Å². The number of carbonyl (C=O) groups excluding carboxylic acids is 1. The number of hydrogen-bond acceptors (Lipinski definition) is 4. The van der Waals surface area contributed by atoms with Gasteiger partial charge in [-0.05, 0) is 100 Å². The lowest BCUT2D eigenvalue weighted by Crippen LogP contribution is -2.55. The van der Waals surface area contributed by atoms with Crippen molar-refractivity contribution in [3.05, 3.63) is 11.6 Å². The number of terminal acetylenes is 1. The molecule has 0 amide bonds. The highest BCUT2D eigenvalue weighted by atomic mass is 16.6. The van der Waals surface area contributed by atoms with Gasteiger partial charge in [-0.1, -0.05) is 36.4 Å². The van der Waals surface area contributed by atoms with Crippen LogP contribution in [0.15, 0.2) is 16.8 Å². The van der Waals surface area contributed by atoms with Crippen molar-refractivity contribution in [3.63, 3.8) is 0 Å². The minimum Gasteiger partial charge on any atom is -0.445 e. The van der Waals surface area contributed by atoms with E-state index in [0.29, 0.717) is 23.7 Å². The Bertz CT molecular complexity index is 832. The van der Waals surface area contributed by atoms with Crippen LogP contribution in [0.25, 0.3) is 0 Å². The van der Waals surface area contributed by atoms with Gasteiger partial charge in [-0.25, -0.2) is 0 Å². The van der Waals surface area contributed by atoms with Crippen LogP contribution in [0.3, 0.4) is 0 Å².